The summed E-state index contributed by atoms with van der Waals surface area (Å²) in [6, 6.07) is 4.82. The minimum Gasteiger partial charge on any atom is -0.330 e. The Kier molecular flexibility index (Phi) is 7.01. The molecule has 0 radical (unpaired) electrons. The van der Waals surface area contributed by atoms with Crippen molar-refractivity contribution in [2.75, 3.05) is 6.54 Å². The Balaban J connectivity index is 2.57. The van der Waals surface area contributed by atoms with Gasteiger partial charge in [-0.15, -0.1) is 0 Å². The molecule has 118 valence electrons. The molecular formula is C17H25BrFNO. The molecule has 0 bridgehead atoms. The van der Waals surface area contributed by atoms with Crippen molar-refractivity contribution in [1.29, 1.82) is 0 Å². The molecule has 0 saturated heterocycles. The van der Waals surface area contributed by atoms with Crippen LogP contribution in [0.25, 0.3) is 0 Å². The van der Waals surface area contributed by atoms with Gasteiger partial charge in [0.05, 0.1) is 0 Å². The molecule has 1 rings (SSSR count). The van der Waals surface area contributed by atoms with E-state index in [1.807, 2.05) is 0 Å². The molecule has 0 amide bonds. The van der Waals surface area contributed by atoms with Crippen LogP contribution in [0.1, 0.15) is 45.6 Å². The van der Waals surface area contributed by atoms with E-state index in [0.29, 0.717) is 28.9 Å². The Hall–Kier alpha value is -0.740. The second-order valence-corrected chi connectivity index (χ2v) is 7.55. The van der Waals surface area contributed by atoms with Gasteiger partial charge >= 0.3 is 0 Å². The number of hydrogen-bond donors (Lipinski definition) is 1. The molecule has 2 nitrogen and oxygen atoms in total. The monoisotopic (exact) mass is 357 g/mol. The quantitative estimate of drug-likeness (QED) is 0.780. The zero-order valence-corrected chi connectivity index (χ0v) is 14.7. The summed E-state index contributed by atoms with van der Waals surface area (Å²) in [6.07, 6.45) is 2.39. The molecule has 1 aromatic rings. The molecule has 0 aliphatic heterocycles. The number of benzene rings is 1. The lowest BCUT2D eigenvalue weighted by molar-refractivity contribution is -0.118. The molecule has 4 heteroatoms. The van der Waals surface area contributed by atoms with E-state index in [4.69, 9.17) is 5.73 Å². The fourth-order valence-electron chi connectivity index (χ4n) is 2.51. The number of carbonyl (C=O) groups excluding carboxylic acids is 1. The fourth-order valence-corrected chi connectivity index (χ4v) is 2.85. The average molecular weight is 358 g/mol. The van der Waals surface area contributed by atoms with Gasteiger partial charge in [0.1, 0.15) is 11.6 Å². The maximum Gasteiger partial charge on any atom is 0.137 e. The fraction of sp³-hybridized carbons (Fsp3) is 0.588. The summed E-state index contributed by atoms with van der Waals surface area (Å²) in [6.45, 7) is 7.15. The first-order valence-electron chi connectivity index (χ1n) is 7.39. The Morgan fingerprint density at radius 1 is 1.33 bits per heavy atom. The van der Waals surface area contributed by atoms with E-state index in [-0.39, 0.29) is 23.4 Å². The molecule has 0 heterocycles. The highest BCUT2D eigenvalue weighted by Crippen LogP contribution is 2.32. The van der Waals surface area contributed by atoms with Crippen molar-refractivity contribution in [2.45, 2.75) is 46.5 Å². The van der Waals surface area contributed by atoms with Crippen LogP contribution in [0.4, 0.5) is 4.39 Å². The maximum atomic E-state index is 13.7. The molecule has 21 heavy (non-hydrogen) atoms. The molecule has 1 atom stereocenters. The molecule has 0 aliphatic rings. The van der Waals surface area contributed by atoms with E-state index in [1.54, 1.807) is 12.1 Å². The van der Waals surface area contributed by atoms with Gasteiger partial charge in [-0.3, -0.25) is 4.79 Å². The van der Waals surface area contributed by atoms with Crippen molar-refractivity contribution in [1.82, 2.24) is 0 Å². The van der Waals surface area contributed by atoms with Crippen LogP contribution in [-0.4, -0.2) is 12.3 Å². The number of halogens is 2. The van der Waals surface area contributed by atoms with Crippen molar-refractivity contribution in [3.63, 3.8) is 0 Å². The van der Waals surface area contributed by atoms with Gasteiger partial charge in [-0.2, -0.15) is 0 Å². The summed E-state index contributed by atoms with van der Waals surface area (Å²) >= 11 is 3.21. The zero-order valence-electron chi connectivity index (χ0n) is 13.1. The minimum atomic E-state index is -0.327. The first kappa shape index (κ1) is 18.3. The van der Waals surface area contributed by atoms with Crippen LogP contribution in [0.2, 0.25) is 0 Å². The van der Waals surface area contributed by atoms with Crippen molar-refractivity contribution in [2.24, 2.45) is 17.1 Å². The van der Waals surface area contributed by atoms with Crippen molar-refractivity contribution >= 4 is 21.7 Å². The minimum absolute atomic E-state index is 0.0856. The van der Waals surface area contributed by atoms with Gasteiger partial charge in [-0.1, -0.05) is 42.8 Å². The predicted octanol–water partition coefficient (Wildman–Crippen LogP) is 4.49. The van der Waals surface area contributed by atoms with Gasteiger partial charge < -0.3 is 5.73 Å². The van der Waals surface area contributed by atoms with Crippen molar-refractivity contribution in [3.8, 4) is 0 Å². The van der Waals surface area contributed by atoms with Gasteiger partial charge in [0.15, 0.2) is 0 Å². The predicted molar refractivity (Wildman–Crippen MR) is 88.7 cm³/mol. The third kappa shape index (κ3) is 6.27. The number of nitrogens with two attached hydrogens (primary N) is 1. The summed E-state index contributed by atoms with van der Waals surface area (Å²) in [5.74, 6) is 0.177. The molecule has 0 aromatic heterocycles. The van der Waals surface area contributed by atoms with Gasteiger partial charge in [0, 0.05) is 17.3 Å². The number of hydrogen-bond acceptors (Lipinski definition) is 2. The first-order chi connectivity index (χ1) is 9.74. The lowest BCUT2D eigenvalue weighted by Gasteiger charge is -2.30. The van der Waals surface area contributed by atoms with Crippen molar-refractivity contribution in [3.05, 3.63) is 34.1 Å². The Morgan fingerprint density at radius 3 is 2.52 bits per heavy atom. The Labute approximate surface area is 135 Å². The average Bonchev–Trinajstić information content (AvgIpc) is 2.36. The maximum absolute atomic E-state index is 13.7. The van der Waals surface area contributed by atoms with Gasteiger partial charge in [-0.25, -0.2) is 4.39 Å². The highest BCUT2D eigenvalue weighted by atomic mass is 79.9. The number of ketones is 1. The van der Waals surface area contributed by atoms with Crippen molar-refractivity contribution < 1.29 is 9.18 Å². The lowest BCUT2D eigenvalue weighted by Crippen LogP contribution is -2.24. The van der Waals surface area contributed by atoms with Gasteiger partial charge in [0.25, 0.3) is 0 Å². The highest BCUT2D eigenvalue weighted by Gasteiger charge is 2.24. The van der Waals surface area contributed by atoms with Crippen LogP contribution in [-0.2, 0) is 11.2 Å². The zero-order chi connectivity index (χ0) is 16.0. The van der Waals surface area contributed by atoms with Crippen LogP contribution in [0.3, 0.4) is 0 Å². The smallest absolute Gasteiger partial charge is 0.137 e. The molecular weight excluding hydrogens is 333 g/mol. The van der Waals surface area contributed by atoms with Crippen LogP contribution in [0, 0.1) is 17.2 Å². The third-order valence-electron chi connectivity index (χ3n) is 3.91. The van der Waals surface area contributed by atoms with E-state index in [0.717, 1.165) is 12.8 Å². The summed E-state index contributed by atoms with van der Waals surface area (Å²) < 4.78 is 14.4. The third-order valence-corrected chi connectivity index (χ3v) is 4.41. The van der Waals surface area contributed by atoms with E-state index < -0.39 is 0 Å². The van der Waals surface area contributed by atoms with Crippen LogP contribution < -0.4 is 5.73 Å². The van der Waals surface area contributed by atoms with Gasteiger partial charge in [-0.05, 0) is 48.4 Å². The normalized spacial score (nSPS) is 13.2. The second kappa shape index (κ2) is 8.04. The van der Waals surface area contributed by atoms with E-state index in [2.05, 4.69) is 36.7 Å². The molecule has 2 N–H and O–H groups in total. The number of Topliss-reactive ketones (excluding diaryl/α,β-unsaturated/α-hetero) is 1. The summed E-state index contributed by atoms with van der Waals surface area (Å²) in [7, 11) is 0. The molecule has 0 saturated carbocycles. The molecule has 1 aromatic carbocycles. The van der Waals surface area contributed by atoms with Crippen LogP contribution >= 0.6 is 15.9 Å². The summed E-state index contributed by atoms with van der Waals surface area (Å²) in [5, 5.41) is 0. The van der Waals surface area contributed by atoms with E-state index in [1.165, 1.54) is 6.07 Å². The molecule has 1 unspecified atom stereocenters. The Bertz CT molecular complexity index is 482. The summed E-state index contributed by atoms with van der Waals surface area (Å²) in [5.41, 5.74) is 6.26. The Morgan fingerprint density at radius 2 is 2.00 bits per heavy atom. The topological polar surface area (TPSA) is 43.1 Å². The van der Waals surface area contributed by atoms with E-state index in [9.17, 15) is 9.18 Å². The van der Waals surface area contributed by atoms with Gasteiger partial charge in [0.2, 0.25) is 0 Å². The SMILES string of the molecule is CC(C)(C)C(CCN)CCC(=O)Cc1ccc(Br)cc1F. The largest absolute Gasteiger partial charge is 0.330 e. The second-order valence-electron chi connectivity index (χ2n) is 6.63. The highest BCUT2D eigenvalue weighted by molar-refractivity contribution is 9.10. The molecule has 0 spiro atoms. The molecule has 0 aliphatic carbocycles. The number of carbonyl (C=O) groups is 1. The van der Waals surface area contributed by atoms with E-state index >= 15 is 0 Å². The van der Waals surface area contributed by atoms with Crippen LogP contribution in [0.5, 0.6) is 0 Å². The van der Waals surface area contributed by atoms with Crippen LogP contribution in [0.15, 0.2) is 22.7 Å². The summed E-state index contributed by atoms with van der Waals surface area (Å²) in [4.78, 5) is 12.1. The molecule has 0 fully saturated rings. The first-order valence-corrected chi connectivity index (χ1v) is 8.19. The standard InChI is InChI=1S/C17H25BrFNO/c1-17(2,3)13(8-9-20)5-7-15(21)10-12-4-6-14(18)11-16(12)19/h4,6,11,13H,5,7-10,20H2,1-3H3. The lowest BCUT2D eigenvalue weighted by atomic mass is 9.76. The number of rotatable bonds is 7.